The fourth-order valence-electron chi connectivity index (χ4n) is 1.05. The quantitative estimate of drug-likeness (QED) is 0.195. The molecule has 6 nitrogen and oxygen atoms in total. The van der Waals surface area contributed by atoms with Gasteiger partial charge in [0.25, 0.3) is 0 Å². The molecule has 0 aromatic heterocycles. The second-order valence-electron chi connectivity index (χ2n) is 3.35. The summed E-state index contributed by atoms with van der Waals surface area (Å²) in [6.45, 7) is 3.82. The number of methoxy groups -OCH3 is 1. The molecule has 0 radical (unpaired) electrons. The van der Waals surface area contributed by atoms with E-state index in [9.17, 15) is 0 Å². The van der Waals surface area contributed by atoms with Gasteiger partial charge in [0.05, 0.1) is 7.11 Å². The van der Waals surface area contributed by atoms with Crippen LogP contribution in [0.15, 0.2) is 11.6 Å². The van der Waals surface area contributed by atoms with Crippen LogP contribution in [0, 0.1) is 5.41 Å². The van der Waals surface area contributed by atoms with Gasteiger partial charge in [-0.05, 0) is 6.92 Å². The first-order valence-electron chi connectivity index (χ1n) is 4.81. The van der Waals surface area contributed by atoms with E-state index < -0.39 is 0 Å². The molecule has 6 heteroatoms. The van der Waals surface area contributed by atoms with Gasteiger partial charge in [0.2, 0.25) is 0 Å². The molecular formula is C9H18N4O2. The number of hydrazine groups is 1. The molecule has 0 aromatic carbocycles. The first-order valence-corrected chi connectivity index (χ1v) is 4.81. The Morgan fingerprint density at radius 1 is 1.73 bits per heavy atom. The SMILES string of the molecule is COC(=N)ON(C)NC/C=C(/C)C1CN1. The maximum Gasteiger partial charge on any atom is 0.401 e. The molecule has 1 unspecified atom stereocenters. The molecule has 1 fully saturated rings. The average molecular weight is 214 g/mol. The third-order valence-electron chi connectivity index (χ3n) is 2.10. The normalized spacial score (nSPS) is 20.3. The lowest BCUT2D eigenvalue weighted by Gasteiger charge is -2.16. The molecule has 0 amide bonds. The first kappa shape index (κ1) is 12.0. The van der Waals surface area contributed by atoms with Crippen molar-refractivity contribution in [3.63, 3.8) is 0 Å². The monoisotopic (exact) mass is 214 g/mol. The van der Waals surface area contributed by atoms with Gasteiger partial charge in [-0.3, -0.25) is 0 Å². The van der Waals surface area contributed by atoms with Crippen LogP contribution in [0.25, 0.3) is 0 Å². The smallest absolute Gasteiger partial charge is 0.401 e. The van der Waals surface area contributed by atoms with Crippen molar-refractivity contribution in [2.45, 2.75) is 13.0 Å². The molecule has 15 heavy (non-hydrogen) atoms. The van der Waals surface area contributed by atoms with E-state index in [2.05, 4.69) is 28.5 Å². The van der Waals surface area contributed by atoms with E-state index in [1.165, 1.54) is 17.9 Å². The van der Waals surface area contributed by atoms with Crippen molar-refractivity contribution in [1.29, 1.82) is 5.41 Å². The van der Waals surface area contributed by atoms with Gasteiger partial charge in [-0.1, -0.05) is 16.8 Å². The van der Waals surface area contributed by atoms with Crippen molar-refractivity contribution in [3.8, 4) is 0 Å². The molecule has 1 aliphatic rings. The summed E-state index contributed by atoms with van der Waals surface area (Å²) in [6.07, 6.45) is 1.84. The van der Waals surface area contributed by atoms with E-state index in [-0.39, 0.29) is 6.08 Å². The molecule has 1 rings (SSSR count). The van der Waals surface area contributed by atoms with Gasteiger partial charge in [0.1, 0.15) is 0 Å². The number of hydroxylamine groups is 1. The molecule has 86 valence electrons. The van der Waals surface area contributed by atoms with E-state index in [0.29, 0.717) is 12.6 Å². The molecule has 0 bridgehead atoms. The summed E-state index contributed by atoms with van der Waals surface area (Å²) in [5.41, 5.74) is 4.26. The third kappa shape index (κ3) is 4.78. The van der Waals surface area contributed by atoms with Gasteiger partial charge < -0.3 is 14.9 Å². The second-order valence-corrected chi connectivity index (χ2v) is 3.35. The molecule has 0 saturated carbocycles. The van der Waals surface area contributed by atoms with Crippen LogP contribution in [0.5, 0.6) is 0 Å². The van der Waals surface area contributed by atoms with Gasteiger partial charge in [-0.25, -0.2) is 10.8 Å². The van der Waals surface area contributed by atoms with Gasteiger partial charge in [0, 0.05) is 26.2 Å². The predicted octanol–water partition coefficient (Wildman–Crippen LogP) is -0.146. The van der Waals surface area contributed by atoms with Crippen LogP contribution in [0.1, 0.15) is 6.92 Å². The molecule has 0 aliphatic carbocycles. The lowest BCUT2D eigenvalue weighted by molar-refractivity contribution is -0.113. The van der Waals surface area contributed by atoms with Crippen molar-refractivity contribution in [1.82, 2.24) is 15.9 Å². The minimum absolute atomic E-state index is 0.241. The summed E-state index contributed by atoms with van der Waals surface area (Å²) in [4.78, 5) is 4.90. The highest BCUT2D eigenvalue weighted by Crippen LogP contribution is 2.08. The van der Waals surface area contributed by atoms with Crippen LogP contribution < -0.4 is 10.7 Å². The summed E-state index contributed by atoms with van der Waals surface area (Å²) in [7, 11) is 3.06. The predicted molar refractivity (Wildman–Crippen MR) is 57.1 cm³/mol. The topological polar surface area (TPSA) is 79.5 Å². The second kappa shape index (κ2) is 5.69. The van der Waals surface area contributed by atoms with Crippen molar-refractivity contribution in [2.24, 2.45) is 0 Å². The number of nitrogens with one attached hydrogen (secondary N) is 3. The van der Waals surface area contributed by atoms with Crippen molar-refractivity contribution < 1.29 is 9.57 Å². The van der Waals surface area contributed by atoms with E-state index in [1.807, 2.05) is 0 Å². The first-order chi connectivity index (χ1) is 7.13. The van der Waals surface area contributed by atoms with Crippen molar-refractivity contribution >= 4 is 6.08 Å². The summed E-state index contributed by atoms with van der Waals surface area (Å²) in [6, 6.07) is 0.551. The maximum atomic E-state index is 7.11. The van der Waals surface area contributed by atoms with Crippen LogP contribution in [0.2, 0.25) is 0 Å². The zero-order chi connectivity index (χ0) is 11.3. The molecular weight excluding hydrogens is 196 g/mol. The summed E-state index contributed by atoms with van der Waals surface area (Å²) < 4.78 is 4.55. The Labute approximate surface area is 89.7 Å². The molecule has 0 aromatic rings. The van der Waals surface area contributed by atoms with Gasteiger partial charge >= 0.3 is 6.08 Å². The summed E-state index contributed by atoms with van der Waals surface area (Å²) in [5.74, 6) is 0. The molecule has 0 spiro atoms. The van der Waals surface area contributed by atoms with Crippen LogP contribution in [0.4, 0.5) is 0 Å². The molecule has 1 saturated heterocycles. The Morgan fingerprint density at radius 2 is 2.40 bits per heavy atom. The highest BCUT2D eigenvalue weighted by atomic mass is 16.8. The fourth-order valence-corrected chi connectivity index (χ4v) is 1.05. The van der Waals surface area contributed by atoms with Crippen LogP contribution >= 0.6 is 0 Å². The Morgan fingerprint density at radius 3 is 2.93 bits per heavy atom. The van der Waals surface area contributed by atoms with E-state index in [1.54, 1.807) is 7.05 Å². The van der Waals surface area contributed by atoms with Crippen molar-refractivity contribution in [3.05, 3.63) is 11.6 Å². The Balaban J connectivity index is 2.13. The van der Waals surface area contributed by atoms with Gasteiger partial charge in [-0.15, -0.1) is 0 Å². The maximum absolute atomic E-state index is 7.11. The third-order valence-corrected chi connectivity index (χ3v) is 2.10. The lowest BCUT2D eigenvalue weighted by Crippen LogP contribution is -2.36. The highest BCUT2D eigenvalue weighted by molar-refractivity contribution is 5.61. The zero-order valence-corrected chi connectivity index (χ0v) is 9.33. The Kier molecular flexibility index (Phi) is 4.54. The number of hydrogen-bond donors (Lipinski definition) is 3. The number of nitrogens with zero attached hydrogens (tertiary/aromatic N) is 1. The highest BCUT2D eigenvalue weighted by Gasteiger charge is 2.20. The average Bonchev–Trinajstić information content (AvgIpc) is 3.00. The minimum atomic E-state index is -0.241. The number of rotatable bonds is 5. The fraction of sp³-hybridized carbons (Fsp3) is 0.667. The molecule has 3 N–H and O–H groups in total. The number of hydrogen-bond acceptors (Lipinski definition) is 6. The minimum Gasteiger partial charge on any atom is -0.453 e. The Bertz CT molecular complexity index is 250. The molecule has 1 heterocycles. The Hall–Kier alpha value is -1.11. The van der Waals surface area contributed by atoms with Gasteiger partial charge in [-0.2, -0.15) is 0 Å². The van der Waals surface area contributed by atoms with Crippen LogP contribution in [-0.2, 0) is 9.57 Å². The summed E-state index contributed by atoms with van der Waals surface area (Å²) >= 11 is 0. The molecule has 1 atom stereocenters. The van der Waals surface area contributed by atoms with E-state index in [4.69, 9.17) is 10.2 Å². The van der Waals surface area contributed by atoms with Gasteiger partial charge in [0.15, 0.2) is 0 Å². The zero-order valence-electron chi connectivity index (χ0n) is 9.33. The van der Waals surface area contributed by atoms with E-state index >= 15 is 0 Å². The molecule has 1 aliphatic heterocycles. The largest absolute Gasteiger partial charge is 0.453 e. The standard InChI is InChI=1S/C9H18N4O2/c1-7(8-6-11-8)4-5-12-13(2)15-9(10)14-3/h4,8,10-12H,5-6H2,1-3H3/b7-4-,10-9?. The number of ether oxygens (including phenoxy) is 1. The van der Waals surface area contributed by atoms with Crippen molar-refractivity contribution in [2.75, 3.05) is 27.2 Å². The van der Waals surface area contributed by atoms with Crippen LogP contribution in [-0.4, -0.2) is 44.5 Å². The van der Waals surface area contributed by atoms with Crippen LogP contribution in [0.3, 0.4) is 0 Å². The lowest BCUT2D eigenvalue weighted by atomic mass is 10.2. The summed E-state index contributed by atoms with van der Waals surface area (Å²) in [5, 5.41) is 11.7. The van der Waals surface area contributed by atoms with E-state index in [0.717, 1.165) is 6.54 Å².